The number of fused-ring (bicyclic) bond motifs is 1. The molecule has 0 aromatic heterocycles. The zero-order chi connectivity index (χ0) is 21.1. The molecule has 6 heteroatoms. The van der Waals surface area contributed by atoms with E-state index in [1.54, 1.807) is 37.6 Å². The summed E-state index contributed by atoms with van der Waals surface area (Å²) in [5, 5.41) is 4.30. The highest BCUT2D eigenvalue weighted by Crippen LogP contribution is 2.27. The second kappa shape index (κ2) is 8.21. The number of nitrogens with zero attached hydrogens (tertiary/aromatic N) is 2. The molecule has 150 valence electrons. The number of carbonyl (C=O) groups excluding carboxylic acids is 2. The summed E-state index contributed by atoms with van der Waals surface area (Å²) in [7, 11) is 1.56. The molecule has 0 fully saturated rings. The molecule has 30 heavy (non-hydrogen) atoms. The van der Waals surface area contributed by atoms with Crippen LogP contribution in [0.3, 0.4) is 0 Å². The van der Waals surface area contributed by atoms with E-state index < -0.39 is 0 Å². The number of imide groups is 1. The first-order valence-electron chi connectivity index (χ1n) is 9.55. The number of aryl methyl sites for hydroxylation is 1. The van der Waals surface area contributed by atoms with Crippen molar-refractivity contribution in [3.63, 3.8) is 0 Å². The van der Waals surface area contributed by atoms with Gasteiger partial charge >= 0.3 is 0 Å². The molecule has 0 saturated heterocycles. The lowest BCUT2D eigenvalue weighted by Gasteiger charge is -2.16. The molecule has 0 aliphatic carbocycles. The summed E-state index contributed by atoms with van der Waals surface area (Å²) >= 11 is 0. The van der Waals surface area contributed by atoms with Gasteiger partial charge in [-0.2, -0.15) is 5.10 Å². The Labute approximate surface area is 174 Å². The largest absolute Gasteiger partial charge is 0.496 e. The highest BCUT2D eigenvalue weighted by molar-refractivity contribution is 6.21. The third-order valence-corrected chi connectivity index (χ3v) is 5.05. The molecule has 4 rings (SSSR count). The second-order valence-corrected chi connectivity index (χ2v) is 7.00. The summed E-state index contributed by atoms with van der Waals surface area (Å²) < 4.78 is 5.44. The van der Waals surface area contributed by atoms with Crippen LogP contribution in [0.2, 0.25) is 0 Å². The Morgan fingerprint density at radius 1 is 0.967 bits per heavy atom. The van der Waals surface area contributed by atoms with Gasteiger partial charge in [0.25, 0.3) is 11.8 Å². The molecule has 0 spiro atoms. The molecule has 1 heterocycles. The first-order valence-corrected chi connectivity index (χ1v) is 9.55. The number of hydrogen-bond donors (Lipinski definition) is 1. The minimum atomic E-state index is -0.294. The summed E-state index contributed by atoms with van der Waals surface area (Å²) in [5.74, 6) is 0.0199. The molecular weight excluding hydrogens is 378 g/mol. The van der Waals surface area contributed by atoms with Crippen molar-refractivity contribution in [3.05, 3.63) is 94.5 Å². The van der Waals surface area contributed by atoms with Crippen LogP contribution in [0.25, 0.3) is 0 Å². The maximum Gasteiger partial charge on any atom is 0.261 e. The van der Waals surface area contributed by atoms with Crippen LogP contribution < -0.4 is 10.2 Å². The predicted octanol–water partition coefficient (Wildman–Crippen LogP) is 4.25. The van der Waals surface area contributed by atoms with Crippen LogP contribution in [0.5, 0.6) is 5.75 Å². The summed E-state index contributed by atoms with van der Waals surface area (Å²) in [6.45, 7) is 2.13. The molecule has 0 bridgehead atoms. The Bertz CT molecular complexity index is 1120. The minimum Gasteiger partial charge on any atom is -0.496 e. The number of ether oxygens (including phenoxy) is 1. The highest BCUT2D eigenvalue weighted by atomic mass is 16.5. The van der Waals surface area contributed by atoms with Gasteiger partial charge in [-0.25, -0.2) is 0 Å². The molecular formula is C24H21N3O3. The third kappa shape index (κ3) is 3.67. The van der Waals surface area contributed by atoms with Crippen molar-refractivity contribution in [3.8, 4) is 5.75 Å². The van der Waals surface area contributed by atoms with Crippen molar-refractivity contribution in [2.45, 2.75) is 13.5 Å². The molecule has 1 aliphatic heterocycles. The molecule has 0 unspecified atom stereocenters. The van der Waals surface area contributed by atoms with E-state index in [9.17, 15) is 9.59 Å². The lowest BCUT2D eigenvalue weighted by molar-refractivity contribution is 0.0641. The van der Waals surface area contributed by atoms with Crippen molar-refractivity contribution < 1.29 is 14.3 Å². The van der Waals surface area contributed by atoms with Crippen molar-refractivity contribution >= 4 is 23.7 Å². The lowest BCUT2D eigenvalue weighted by atomic mass is 10.1. The molecule has 3 aromatic rings. The Hall–Kier alpha value is -3.93. The van der Waals surface area contributed by atoms with Crippen LogP contribution >= 0.6 is 0 Å². The number of hydrogen-bond acceptors (Lipinski definition) is 5. The van der Waals surface area contributed by atoms with Gasteiger partial charge in [0.15, 0.2) is 0 Å². The van der Waals surface area contributed by atoms with E-state index in [0.29, 0.717) is 16.9 Å². The minimum absolute atomic E-state index is 0.127. The summed E-state index contributed by atoms with van der Waals surface area (Å²) in [6, 6.07) is 20.3. The number of hydrazone groups is 1. The van der Waals surface area contributed by atoms with Gasteiger partial charge in [0.05, 0.1) is 36.7 Å². The fraction of sp³-hybridized carbons (Fsp3) is 0.125. The Balaban J connectivity index is 1.55. The van der Waals surface area contributed by atoms with Crippen LogP contribution in [0, 0.1) is 6.92 Å². The van der Waals surface area contributed by atoms with Gasteiger partial charge in [-0.1, -0.05) is 30.3 Å². The number of methoxy groups -OCH3 is 1. The second-order valence-electron chi connectivity index (χ2n) is 7.00. The average Bonchev–Trinajstić information content (AvgIpc) is 3.00. The van der Waals surface area contributed by atoms with Crippen molar-refractivity contribution in [1.82, 2.24) is 4.90 Å². The van der Waals surface area contributed by atoms with Crippen LogP contribution in [0.4, 0.5) is 5.69 Å². The van der Waals surface area contributed by atoms with E-state index in [2.05, 4.69) is 10.5 Å². The standard InChI is InChI=1S/C24H21N3O3/c1-16-7-3-6-10-21(16)26-25-14-17-11-12-22(30-2)18(13-17)15-27-23(28)19-8-4-5-9-20(19)24(27)29/h3-14,26H,15H2,1-2H3. The molecule has 1 N–H and O–H groups in total. The van der Waals surface area contributed by atoms with Crippen molar-refractivity contribution in [1.29, 1.82) is 0 Å². The molecule has 0 radical (unpaired) electrons. The van der Waals surface area contributed by atoms with E-state index in [1.165, 1.54) is 4.90 Å². The van der Waals surface area contributed by atoms with E-state index in [-0.39, 0.29) is 18.4 Å². The van der Waals surface area contributed by atoms with Gasteiger partial charge in [-0.05, 0) is 54.4 Å². The van der Waals surface area contributed by atoms with Crippen LogP contribution in [0.1, 0.15) is 37.4 Å². The van der Waals surface area contributed by atoms with Gasteiger partial charge in [0.1, 0.15) is 5.75 Å². The first kappa shape index (κ1) is 19.4. The third-order valence-electron chi connectivity index (χ3n) is 5.05. The van der Waals surface area contributed by atoms with Gasteiger partial charge < -0.3 is 4.74 Å². The maximum absolute atomic E-state index is 12.7. The number of anilines is 1. The fourth-order valence-corrected chi connectivity index (χ4v) is 3.43. The number of rotatable bonds is 6. The van der Waals surface area contributed by atoms with E-state index in [0.717, 1.165) is 22.4 Å². The Morgan fingerprint density at radius 3 is 2.30 bits per heavy atom. The van der Waals surface area contributed by atoms with Crippen LogP contribution in [0.15, 0.2) is 71.8 Å². The molecule has 6 nitrogen and oxygen atoms in total. The summed E-state index contributed by atoms with van der Waals surface area (Å²) in [5.41, 5.74) is 7.46. The lowest BCUT2D eigenvalue weighted by Crippen LogP contribution is -2.29. The normalized spacial score (nSPS) is 13.1. The average molecular weight is 399 g/mol. The quantitative estimate of drug-likeness (QED) is 0.382. The predicted molar refractivity (Wildman–Crippen MR) is 116 cm³/mol. The topological polar surface area (TPSA) is 71.0 Å². The fourth-order valence-electron chi connectivity index (χ4n) is 3.43. The number of amides is 2. The molecule has 3 aromatic carbocycles. The first-order chi connectivity index (χ1) is 14.6. The summed E-state index contributed by atoms with van der Waals surface area (Å²) in [6.07, 6.45) is 1.69. The van der Waals surface area contributed by atoms with Crippen LogP contribution in [-0.2, 0) is 6.54 Å². The van der Waals surface area contributed by atoms with E-state index >= 15 is 0 Å². The van der Waals surface area contributed by atoms with Gasteiger partial charge in [0, 0.05) is 5.56 Å². The smallest absolute Gasteiger partial charge is 0.261 e. The number of nitrogens with one attached hydrogen (secondary N) is 1. The highest BCUT2D eigenvalue weighted by Gasteiger charge is 2.35. The maximum atomic E-state index is 12.7. The van der Waals surface area contributed by atoms with Gasteiger partial charge in [0.2, 0.25) is 0 Å². The van der Waals surface area contributed by atoms with E-state index in [4.69, 9.17) is 4.74 Å². The number of benzene rings is 3. The van der Waals surface area contributed by atoms with Crippen molar-refractivity contribution in [2.24, 2.45) is 5.10 Å². The SMILES string of the molecule is COc1ccc(C=NNc2ccccc2C)cc1CN1C(=O)c2ccccc2C1=O. The zero-order valence-electron chi connectivity index (χ0n) is 16.8. The molecule has 0 atom stereocenters. The number of para-hydroxylation sites is 1. The summed E-state index contributed by atoms with van der Waals surface area (Å²) in [4.78, 5) is 26.6. The van der Waals surface area contributed by atoms with Gasteiger partial charge in [-0.3, -0.25) is 19.9 Å². The Morgan fingerprint density at radius 2 is 1.63 bits per heavy atom. The van der Waals surface area contributed by atoms with Crippen molar-refractivity contribution in [2.75, 3.05) is 12.5 Å². The number of carbonyl (C=O) groups is 2. The molecule has 2 amide bonds. The Kier molecular flexibility index (Phi) is 5.30. The molecule has 1 aliphatic rings. The van der Waals surface area contributed by atoms with Crippen LogP contribution in [-0.4, -0.2) is 30.0 Å². The molecule has 0 saturated carbocycles. The van der Waals surface area contributed by atoms with E-state index in [1.807, 2.05) is 49.4 Å². The zero-order valence-corrected chi connectivity index (χ0v) is 16.8. The van der Waals surface area contributed by atoms with Gasteiger partial charge in [-0.15, -0.1) is 0 Å². The monoisotopic (exact) mass is 399 g/mol.